The van der Waals surface area contributed by atoms with Crippen molar-refractivity contribution in [1.29, 1.82) is 0 Å². The van der Waals surface area contributed by atoms with Gasteiger partial charge in [0.05, 0.1) is 79.3 Å². The van der Waals surface area contributed by atoms with Crippen LogP contribution in [-0.2, 0) is 42.7 Å². The topological polar surface area (TPSA) is 114 Å². The number of amides is 1. The van der Waals surface area contributed by atoms with Crippen LogP contribution in [0.2, 0.25) is 0 Å². The smallest absolute Gasteiger partial charge is 0.288 e. The second-order valence-electron chi connectivity index (χ2n) is 9.20. The van der Waals surface area contributed by atoms with Crippen molar-refractivity contribution in [1.82, 2.24) is 4.90 Å². The fraction of sp³-hybridized carbons (Fsp3) is 0.750. The Balaban J connectivity index is 1.69. The van der Waals surface area contributed by atoms with Crippen LogP contribution >= 0.6 is 11.3 Å². The highest BCUT2D eigenvalue weighted by Gasteiger charge is 2.39. The first-order valence-corrected chi connectivity index (χ1v) is 15.1. The Morgan fingerprint density at radius 2 is 1.57 bits per heavy atom. The summed E-state index contributed by atoms with van der Waals surface area (Å²) in [6.45, 7) is 8.43. The number of hydrogen-bond donors (Lipinski definition) is 1. The molecule has 0 aliphatic carbocycles. The summed E-state index contributed by atoms with van der Waals surface area (Å²) in [4.78, 5) is 15.5. The number of ether oxygens (including phenoxy) is 8. The fourth-order valence-electron chi connectivity index (χ4n) is 4.46. The van der Waals surface area contributed by atoms with Crippen molar-refractivity contribution in [2.75, 3.05) is 106 Å². The van der Waals surface area contributed by atoms with E-state index in [0.717, 1.165) is 5.56 Å². The van der Waals surface area contributed by atoms with Crippen LogP contribution in [0.1, 0.15) is 24.8 Å². The molecule has 1 amide bonds. The van der Waals surface area contributed by atoms with Gasteiger partial charge in [-0.05, 0) is 41.8 Å². The molecule has 3 heterocycles. The molecule has 1 aromatic heterocycles. The summed E-state index contributed by atoms with van der Waals surface area (Å²) in [5, 5.41) is 13.0. The number of hydrogen-bond acceptors (Lipinski definition) is 11. The third-order valence-corrected chi connectivity index (χ3v) is 7.17. The molecular formula is C28H45NO10S. The van der Waals surface area contributed by atoms with Gasteiger partial charge in [-0.3, -0.25) is 4.79 Å². The maximum Gasteiger partial charge on any atom is 0.288 e. The van der Waals surface area contributed by atoms with Crippen LogP contribution in [0.4, 0.5) is 0 Å². The number of carbonyl (C=O) groups is 1. The Morgan fingerprint density at radius 1 is 0.950 bits per heavy atom. The number of nitrogens with zero attached hydrogens (tertiary/aromatic N) is 1. The maximum absolute atomic E-state index is 13.8. The molecule has 12 heteroatoms. The molecule has 40 heavy (non-hydrogen) atoms. The zero-order valence-electron chi connectivity index (χ0n) is 23.5. The van der Waals surface area contributed by atoms with Crippen molar-refractivity contribution in [2.24, 2.45) is 5.92 Å². The van der Waals surface area contributed by atoms with Crippen LogP contribution < -0.4 is 0 Å². The Hall–Kier alpha value is -1.61. The lowest BCUT2D eigenvalue weighted by Gasteiger charge is -2.37. The molecule has 0 saturated carbocycles. The van der Waals surface area contributed by atoms with Crippen LogP contribution in [0.3, 0.4) is 0 Å². The van der Waals surface area contributed by atoms with E-state index in [9.17, 15) is 4.79 Å². The Labute approximate surface area is 241 Å². The lowest BCUT2D eigenvalue weighted by molar-refractivity contribution is -0.172. The molecule has 0 unspecified atom stereocenters. The van der Waals surface area contributed by atoms with E-state index in [1.54, 1.807) is 16.2 Å². The van der Waals surface area contributed by atoms with Gasteiger partial charge < -0.3 is 47.9 Å². The quantitative estimate of drug-likeness (QED) is 0.365. The van der Waals surface area contributed by atoms with Gasteiger partial charge in [0, 0.05) is 38.1 Å². The van der Waals surface area contributed by atoms with Crippen molar-refractivity contribution < 1.29 is 47.8 Å². The molecular weight excluding hydrogens is 542 g/mol. The molecule has 1 saturated heterocycles. The summed E-state index contributed by atoms with van der Waals surface area (Å²) in [7, 11) is 0. The fourth-order valence-corrected chi connectivity index (χ4v) is 5.17. The normalized spacial score (nSPS) is 24.0. The summed E-state index contributed by atoms with van der Waals surface area (Å²) in [5.41, 5.74) is 1.11. The highest BCUT2D eigenvalue weighted by atomic mass is 32.1. The predicted octanol–water partition coefficient (Wildman–Crippen LogP) is 2.05. The van der Waals surface area contributed by atoms with E-state index >= 15 is 0 Å². The number of allylic oxidation sites excluding steroid dienone is 1. The number of rotatable bonds is 12. The molecule has 0 aromatic carbocycles. The number of aliphatic hydroxyl groups is 1. The molecule has 1 fully saturated rings. The van der Waals surface area contributed by atoms with Gasteiger partial charge in [-0.15, -0.1) is 0 Å². The first-order chi connectivity index (χ1) is 19.7. The summed E-state index contributed by atoms with van der Waals surface area (Å²) < 4.78 is 45.7. The van der Waals surface area contributed by atoms with Gasteiger partial charge in [0.1, 0.15) is 0 Å². The third kappa shape index (κ3) is 11.7. The van der Waals surface area contributed by atoms with Crippen LogP contribution in [0, 0.1) is 5.92 Å². The molecule has 0 spiro atoms. The summed E-state index contributed by atoms with van der Waals surface area (Å²) in [6.07, 6.45) is 2.00. The van der Waals surface area contributed by atoms with Crippen molar-refractivity contribution >= 4 is 17.2 Å². The first kappa shape index (κ1) is 32.9. The number of thiophene rings is 1. The van der Waals surface area contributed by atoms with Gasteiger partial charge in [-0.1, -0.05) is 0 Å². The summed E-state index contributed by atoms with van der Waals surface area (Å²) in [5.74, 6) is -0.0625. The molecule has 1 N–H and O–H groups in total. The van der Waals surface area contributed by atoms with E-state index < -0.39 is 6.29 Å². The number of carbonyl (C=O) groups excluding carboxylic acids is 1. The molecule has 0 radical (unpaired) electrons. The second-order valence-corrected chi connectivity index (χ2v) is 9.98. The van der Waals surface area contributed by atoms with E-state index in [1.807, 2.05) is 18.4 Å². The zero-order chi connectivity index (χ0) is 28.3. The zero-order valence-corrected chi connectivity index (χ0v) is 24.4. The van der Waals surface area contributed by atoms with Gasteiger partial charge in [0.25, 0.3) is 5.91 Å². The minimum atomic E-state index is -0.599. The van der Waals surface area contributed by atoms with Crippen molar-refractivity contribution in [3.05, 3.63) is 34.2 Å². The van der Waals surface area contributed by atoms with Crippen LogP contribution in [0.25, 0.3) is 0 Å². The largest absolute Gasteiger partial charge is 0.459 e. The Morgan fingerprint density at radius 3 is 2.15 bits per heavy atom. The minimum absolute atomic E-state index is 0.00738. The van der Waals surface area contributed by atoms with E-state index in [0.29, 0.717) is 105 Å². The van der Waals surface area contributed by atoms with Gasteiger partial charge >= 0.3 is 0 Å². The van der Waals surface area contributed by atoms with E-state index in [1.165, 1.54) is 0 Å². The molecule has 3 atom stereocenters. The first-order valence-electron chi connectivity index (χ1n) is 14.1. The molecule has 3 rings (SSSR count). The molecule has 2 aliphatic rings. The van der Waals surface area contributed by atoms with Crippen molar-refractivity contribution in [2.45, 2.75) is 25.6 Å². The second kappa shape index (κ2) is 20.3. The van der Waals surface area contributed by atoms with E-state index in [4.69, 9.17) is 43.0 Å². The molecule has 1 aromatic rings. The lowest BCUT2D eigenvalue weighted by Crippen LogP contribution is -2.43. The molecule has 0 bridgehead atoms. The van der Waals surface area contributed by atoms with Crippen LogP contribution in [0.15, 0.2) is 28.7 Å². The maximum atomic E-state index is 13.8. The lowest BCUT2D eigenvalue weighted by atomic mass is 9.82. The van der Waals surface area contributed by atoms with Gasteiger partial charge in [0.15, 0.2) is 5.76 Å². The minimum Gasteiger partial charge on any atom is -0.459 e. The Bertz CT molecular complexity index is 808. The third-order valence-electron chi connectivity index (χ3n) is 6.47. The van der Waals surface area contributed by atoms with Crippen LogP contribution in [0.5, 0.6) is 0 Å². The Kier molecular flexibility index (Phi) is 16.7. The van der Waals surface area contributed by atoms with E-state index in [-0.39, 0.29) is 30.1 Å². The molecule has 2 aliphatic heterocycles. The number of aliphatic hydroxyl groups excluding tert-OH is 1. The van der Waals surface area contributed by atoms with Gasteiger partial charge in [-0.2, -0.15) is 11.3 Å². The summed E-state index contributed by atoms with van der Waals surface area (Å²) >= 11 is 1.62. The van der Waals surface area contributed by atoms with Crippen LogP contribution in [-0.4, -0.2) is 128 Å². The summed E-state index contributed by atoms with van der Waals surface area (Å²) in [6, 6.07) is 2.08. The highest BCUT2D eigenvalue weighted by molar-refractivity contribution is 7.08. The van der Waals surface area contributed by atoms with Crippen molar-refractivity contribution in [3.63, 3.8) is 0 Å². The average Bonchev–Trinajstić information content (AvgIpc) is 3.50. The SMILES string of the molecule is CCO[C@H]1OC(C(=O)N2CCOCCOCCOCCOCC2)=C[C@@H](c2ccsc2)[C@@H]1CCOCCOCCO. The molecule has 228 valence electrons. The molecule has 11 nitrogen and oxygen atoms in total. The average molecular weight is 588 g/mol. The van der Waals surface area contributed by atoms with E-state index in [2.05, 4.69) is 11.4 Å². The van der Waals surface area contributed by atoms with Gasteiger partial charge in [0.2, 0.25) is 6.29 Å². The van der Waals surface area contributed by atoms with Gasteiger partial charge in [-0.25, -0.2) is 0 Å². The highest BCUT2D eigenvalue weighted by Crippen LogP contribution is 2.39. The standard InChI is InChI=1S/C28H45NO10S/c1-2-38-28-24(3-8-32-12-15-35-11-7-30)25(23-4-20-40-22-23)21-26(39-28)27(31)29-5-9-33-13-16-36-18-19-37-17-14-34-10-6-29/h4,20-22,24-25,28,30H,2-3,5-19H2,1H3/t24-,25-,28-/m0/s1. The monoisotopic (exact) mass is 587 g/mol. The van der Waals surface area contributed by atoms with Crippen molar-refractivity contribution in [3.8, 4) is 0 Å². The predicted molar refractivity (Wildman–Crippen MR) is 148 cm³/mol.